The number of hydrogen-bond acceptors (Lipinski definition) is 7. The van der Waals surface area contributed by atoms with E-state index in [4.69, 9.17) is 25.6 Å². The highest BCUT2D eigenvalue weighted by atomic mass is 35.5. The molecule has 0 bridgehead atoms. The van der Waals surface area contributed by atoms with Crippen LogP contribution in [0.1, 0.15) is 11.7 Å². The summed E-state index contributed by atoms with van der Waals surface area (Å²) in [7, 11) is 0. The summed E-state index contributed by atoms with van der Waals surface area (Å²) in [5.74, 6) is 2.13. The molecular formula is C22H24ClFN4O3. The average molecular weight is 447 g/mol. The van der Waals surface area contributed by atoms with Gasteiger partial charge in [0.25, 0.3) is 0 Å². The van der Waals surface area contributed by atoms with Gasteiger partial charge in [-0.25, -0.2) is 4.39 Å². The number of rotatable bonds is 9. The summed E-state index contributed by atoms with van der Waals surface area (Å²) in [4.78, 5) is 9.05. The zero-order chi connectivity index (χ0) is 21.5. The van der Waals surface area contributed by atoms with Crippen LogP contribution in [0, 0.1) is 5.82 Å². The summed E-state index contributed by atoms with van der Waals surface area (Å²) < 4.78 is 29.6. The molecule has 0 radical (unpaired) electrons. The highest BCUT2D eigenvalue weighted by Crippen LogP contribution is 2.16. The van der Waals surface area contributed by atoms with Crippen molar-refractivity contribution in [2.75, 3.05) is 39.3 Å². The van der Waals surface area contributed by atoms with Crippen molar-refractivity contribution in [3.8, 4) is 11.5 Å². The fourth-order valence-corrected chi connectivity index (χ4v) is 3.40. The van der Waals surface area contributed by atoms with Gasteiger partial charge in [0, 0.05) is 37.7 Å². The molecule has 1 fully saturated rings. The molecule has 31 heavy (non-hydrogen) atoms. The number of aromatic nitrogens is 2. The van der Waals surface area contributed by atoms with E-state index < -0.39 is 0 Å². The molecule has 4 rings (SSSR count). The first-order valence-corrected chi connectivity index (χ1v) is 10.5. The summed E-state index contributed by atoms with van der Waals surface area (Å²) in [6, 6.07) is 13.2. The van der Waals surface area contributed by atoms with E-state index in [2.05, 4.69) is 19.9 Å². The minimum atomic E-state index is -0.302. The maximum Gasteiger partial charge on any atom is 0.240 e. The Bertz CT molecular complexity index is 944. The van der Waals surface area contributed by atoms with Crippen molar-refractivity contribution in [2.45, 2.75) is 13.2 Å². The van der Waals surface area contributed by atoms with Crippen LogP contribution in [0.5, 0.6) is 11.5 Å². The zero-order valence-electron chi connectivity index (χ0n) is 17.0. The van der Waals surface area contributed by atoms with Crippen LogP contribution in [0.3, 0.4) is 0 Å². The van der Waals surface area contributed by atoms with Gasteiger partial charge in [-0.05, 0) is 48.5 Å². The molecule has 1 aromatic heterocycles. The normalized spacial score (nSPS) is 15.2. The monoisotopic (exact) mass is 446 g/mol. The van der Waals surface area contributed by atoms with Gasteiger partial charge in [0.1, 0.15) is 23.9 Å². The molecule has 1 aliphatic rings. The lowest BCUT2D eigenvalue weighted by Gasteiger charge is -2.33. The molecule has 0 spiro atoms. The van der Waals surface area contributed by atoms with E-state index in [1.807, 2.05) is 24.3 Å². The van der Waals surface area contributed by atoms with Crippen molar-refractivity contribution in [1.29, 1.82) is 0 Å². The van der Waals surface area contributed by atoms with Crippen LogP contribution in [-0.4, -0.2) is 59.3 Å². The molecule has 7 nitrogen and oxygen atoms in total. The van der Waals surface area contributed by atoms with E-state index in [-0.39, 0.29) is 12.4 Å². The van der Waals surface area contributed by atoms with Crippen LogP contribution >= 0.6 is 11.6 Å². The van der Waals surface area contributed by atoms with E-state index in [0.717, 1.165) is 38.5 Å². The topological polar surface area (TPSA) is 63.9 Å². The second-order valence-electron chi connectivity index (χ2n) is 7.27. The molecule has 0 saturated carbocycles. The van der Waals surface area contributed by atoms with E-state index >= 15 is 0 Å². The Balaban J connectivity index is 1.14. The molecule has 1 saturated heterocycles. The molecule has 0 amide bonds. The molecule has 9 heteroatoms. The Morgan fingerprint density at radius 1 is 0.903 bits per heavy atom. The van der Waals surface area contributed by atoms with Gasteiger partial charge in [-0.1, -0.05) is 16.8 Å². The van der Waals surface area contributed by atoms with Gasteiger partial charge in [0.2, 0.25) is 11.7 Å². The van der Waals surface area contributed by atoms with Gasteiger partial charge in [-0.3, -0.25) is 9.80 Å². The SMILES string of the molecule is Fc1ccc(OCc2noc(CN3CCN(CCOc4ccc(Cl)cc4)CC3)n2)cc1. The quantitative estimate of drug-likeness (QED) is 0.497. The van der Waals surface area contributed by atoms with E-state index in [1.165, 1.54) is 12.1 Å². The fourth-order valence-electron chi connectivity index (χ4n) is 3.28. The Hall–Kier alpha value is -2.68. The predicted molar refractivity (Wildman–Crippen MR) is 114 cm³/mol. The molecular weight excluding hydrogens is 423 g/mol. The number of benzene rings is 2. The molecule has 2 aromatic carbocycles. The molecule has 0 N–H and O–H groups in total. The summed E-state index contributed by atoms with van der Waals surface area (Å²) >= 11 is 5.89. The highest BCUT2D eigenvalue weighted by molar-refractivity contribution is 6.30. The van der Waals surface area contributed by atoms with Gasteiger partial charge in [0.05, 0.1) is 6.54 Å². The minimum Gasteiger partial charge on any atom is -0.492 e. The Morgan fingerprint density at radius 2 is 1.55 bits per heavy atom. The van der Waals surface area contributed by atoms with Crippen LogP contribution in [-0.2, 0) is 13.2 Å². The van der Waals surface area contributed by atoms with Crippen molar-refractivity contribution in [2.24, 2.45) is 0 Å². The lowest BCUT2D eigenvalue weighted by Crippen LogP contribution is -2.47. The molecule has 1 aliphatic heterocycles. The van der Waals surface area contributed by atoms with Gasteiger partial charge < -0.3 is 14.0 Å². The van der Waals surface area contributed by atoms with Crippen molar-refractivity contribution in [3.05, 3.63) is 71.1 Å². The van der Waals surface area contributed by atoms with Crippen LogP contribution in [0.2, 0.25) is 5.02 Å². The molecule has 0 aliphatic carbocycles. The fraction of sp³-hybridized carbons (Fsp3) is 0.364. The molecule has 164 valence electrons. The standard InChI is InChI=1S/C22H24ClFN4O3/c23-17-1-5-19(6-2-17)29-14-13-27-9-11-28(12-10-27)15-22-25-21(26-31-22)16-30-20-7-3-18(24)4-8-20/h1-8H,9-16H2. The second kappa shape index (κ2) is 10.6. The lowest BCUT2D eigenvalue weighted by molar-refractivity contribution is 0.104. The van der Waals surface area contributed by atoms with Gasteiger partial charge in [-0.2, -0.15) is 4.98 Å². The number of piperazine rings is 1. The largest absolute Gasteiger partial charge is 0.492 e. The summed E-state index contributed by atoms with van der Waals surface area (Å²) in [6.45, 7) is 6.06. The molecule has 0 atom stereocenters. The summed E-state index contributed by atoms with van der Waals surface area (Å²) in [5, 5.41) is 4.66. The van der Waals surface area contributed by atoms with E-state index in [1.54, 1.807) is 12.1 Å². The molecule has 0 unspecified atom stereocenters. The van der Waals surface area contributed by atoms with Crippen LogP contribution in [0.25, 0.3) is 0 Å². The van der Waals surface area contributed by atoms with Gasteiger partial charge >= 0.3 is 0 Å². The Morgan fingerprint density at radius 3 is 2.29 bits per heavy atom. The van der Waals surface area contributed by atoms with Crippen molar-refractivity contribution < 1.29 is 18.4 Å². The Labute approximate surface area is 185 Å². The van der Waals surface area contributed by atoms with Crippen molar-refractivity contribution in [1.82, 2.24) is 19.9 Å². The van der Waals surface area contributed by atoms with Gasteiger partial charge in [0.15, 0.2) is 6.61 Å². The molecule has 2 heterocycles. The first-order chi connectivity index (χ1) is 15.1. The third kappa shape index (κ3) is 6.65. The Kier molecular flexibility index (Phi) is 7.35. The number of nitrogens with zero attached hydrogens (tertiary/aromatic N) is 4. The number of halogens is 2. The van der Waals surface area contributed by atoms with Crippen LogP contribution in [0.4, 0.5) is 4.39 Å². The first-order valence-electron chi connectivity index (χ1n) is 10.2. The number of ether oxygens (including phenoxy) is 2. The van der Waals surface area contributed by atoms with E-state index in [0.29, 0.717) is 35.6 Å². The van der Waals surface area contributed by atoms with Crippen LogP contribution < -0.4 is 9.47 Å². The first kappa shape index (κ1) is 21.5. The van der Waals surface area contributed by atoms with Crippen molar-refractivity contribution in [3.63, 3.8) is 0 Å². The maximum absolute atomic E-state index is 12.9. The van der Waals surface area contributed by atoms with Crippen molar-refractivity contribution >= 4 is 11.6 Å². The average Bonchev–Trinajstić information content (AvgIpc) is 3.23. The highest BCUT2D eigenvalue weighted by Gasteiger charge is 2.19. The third-order valence-corrected chi connectivity index (χ3v) is 5.26. The van der Waals surface area contributed by atoms with Gasteiger partial charge in [-0.15, -0.1) is 0 Å². The third-order valence-electron chi connectivity index (χ3n) is 5.01. The second-order valence-corrected chi connectivity index (χ2v) is 7.70. The predicted octanol–water partition coefficient (Wildman–Crippen LogP) is 3.64. The minimum absolute atomic E-state index is 0.177. The summed E-state index contributed by atoms with van der Waals surface area (Å²) in [5.41, 5.74) is 0. The smallest absolute Gasteiger partial charge is 0.240 e. The summed E-state index contributed by atoms with van der Waals surface area (Å²) in [6.07, 6.45) is 0. The van der Waals surface area contributed by atoms with E-state index in [9.17, 15) is 4.39 Å². The molecule has 3 aromatic rings. The number of hydrogen-bond donors (Lipinski definition) is 0. The van der Waals surface area contributed by atoms with Crippen LogP contribution in [0.15, 0.2) is 53.1 Å². The lowest BCUT2D eigenvalue weighted by atomic mass is 10.3. The maximum atomic E-state index is 12.9. The zero-order valence-corrected chi connectivity index (χ0v) is 17.8.